The Morgan fingerprint density at radius 3 is 2.72 bits per heavy atom. The zero-order valence-corrected chi connectivity index (χ0v) is 13.9. The Morgan fingerprint density at radius 1 is 1.20 bits per heavy atom. The quantitative estimate of drug-likeness (QED) is 0.787. The van der Waals surface area contributed by atoms with Gasteiger partial charge in [0.2, 0.25) is 5.76 Å². The van der Waals surface area contributed by atoms with Crippen molar-refractivity contribution in [2.45, 2.75) is 13.5 Å². The van der Waals surface area contributed by atoms with Crippen LogP contribution >= 0.6 is 0 Å². The lowest BCUT2D eigenvalue weighted by Gasteiger charge is -2.16. The number of esters is 2. The lowest BCUT2D eigenvalue weighted by atomic mass is 10.0. The molecule has 0 unspecified atom stereocenters. The van der Waals surface area contributed by atoms with E-state index < -0.39 is 11.9 Å². The van der Waals surface area contributed by atoms with Crippen LogP contribution in [0.5, 0.6) is 0 Å². The van der Waals surface area contributed by atoms with Gasteiger partial charge in [-0.2, -0.15) is 0 Å². The van der Waals surface area contributed by atoms with Crippen LogP contribution in [0.15, 0.2) is 36.3 Å². The topological polar surface area (TPSA) is 84.0 Å². The molecule has 0 atom stereocenters. The SMILES string of the molecule is COC(=O)c1c(COC(=O)C2=COCCO2)nc2ccccc2c1C. The van der Waals surface area contributed by atoms with Crippen LogP contribution in [-0.2, 0) is 30.3 Å². The maximum atomic E-state index is 12.2. The highest BCUT2D eigenvalue weighted by molar-refractivity contribution is 5.98. The van der Waals surface area contributed by atoms with Crippen LogP contribution in [0.3, 0.4) is 0 Å². The number of hydrogen-bond donors (Lipinski definition) is 0. The maximum absolute atomic E-state index is 12.2. The molecule has 25 heavy (non-hydrogen) atoms. The van der Waals surface area contributed by atoms with Crippen LogP contribution in [0.1, 0.15) is 21.6 Å². The number of para-hydroxylation sites is 1. The van der Waals surface area contributed by atoms with Crippen LogP contribution in [0.4, 0.5) is 0 Å². The normalized spacial score (nSPS) is 13.4. The highest BCUT2D eigenvalue weighted by atomic mass is 16.6. The van der Waals surface area contributed by atoms with Gasteiger partial charge in [-0.15, -0.1) is 0 Å². The molecule has 2 heterocycles. The number of carbonyl (C=O) groups excluding carboxylic acids is 2. The predicted molar refractivity (Wildman–Crippen MR) is 87.6 cm³/mol. The second kappa shape index (κ2) is 7.21. The first-order valence-corrected chi connectivity index (χ1v) is 7.70. The Kier molecular flexibility index (Phi) is 4.83. The molecule has 1 aliphatic heterocycles. The molecular weight excluding hydrogens is 326 g/mol. The van der Waals surface area contributed by atoms with E-state index in [1.807, 2.05) is 31.2 Å². The zero-order valence-electron chi connectivity index (χ0n) is 13.9. The van der Waals surface area contributed by atoms with E-state index in [-0.39, 0.29) is 19.0 Å². The van der Waals surface area contributed by atoms with Gasteiger partial charge in [0.05, 0.1) is 23.9 Å². The van der Waals surface area contributed by atoms with Crippen LogP contribution < -0.4 is 0 Å². The van der Waals surface area contributed by atoms with E-state index in [0.717, 1.165) is 10.9 Å². The fraction of sp³-hybridized carbons (Fsp3) is 0.278. The number of pyridine rings is 1. The lowest BCUT2D eigenvalue weighted by molar-refractivity contribution is -0.146. The third kappa shape index (κ3) is 3.40. The third-order valence-corrected chi connectivity index (χ3v) is 3.81. The number of nitrogens with zero attached hydrogens (tertiary/aromatic N) is 1. The molecule has 0 amide bonds. The zero-order chi connectivity index (χ0) is 17.8. The van der Waals surface area contributed by atoms with E-state index in [2.05, 4.69) is 4.98 Å². The summed E-state index contributed by atoms with van der Waals surface area (Å²) in [4.78, 5) is 28.7. The number of carbonyl (C=O) groups is 2. The highest BCUT2D eigenvalue weighted by Crippen LogP contribution is 2.24. The van der Waals surface area contributed by atoms with Gasteiger partial charge in [-0.05, 0) is 18.6 Å². The summed E-state index contributed by atoms with van der Waals surface area (Å²) >= 11 is 0. The molecule has 7 heteroatoms. The predicted octanol–water partition coefficient (Wildman–Crippen LogP) is 2.26. The van der Waals surface area contributed by atoms with E-state index >= 15 is 0 Å². The third-order valence-electron chi connectivity index (χ3n) is 3.81. The Hall–Kier alpha value is -3.09. The van der Waals surface area contributed by atoms with E-state index in [1.165, 1.54) is 13.4 Å². The van der Waals surface area contributed by atoms with Crippen molar-refractivity contribution in [1.29, 1.82) is 0 Å². The number of aryl methyl sites for hydroxylation is 1. The number of fused-ring (bicyclic) bond motifs is 1. The average Bonchev–Trinajstić information content (AvgIpc) is 2.66. The number of rotatable bonds is 4. The second-order valence-electron chi connectivity index (χ2n) is 5.34. The fourth-order valence-corrected chi connectivity index (χ4v) is 2.60. The van der Waals surface area contributed by atoms with Gasteiger partial charge in [0, 0.05) is 5.39 Å². The van der Waals surface area contributed by atoms with Crippen molar-refractivity contribution in [3.05, 3.63) is 53.1 Å². The summed E-state index contributed by atoms with van der Waals surface area (Å²) in [6, 6.07) is 7.41. The van der Waals surface area contributed by atoms with Crippen molar-refractivity contribution in [3.63, 3.8) is 0 Å². The van der Waals surface area contributed by atoms with Crippen LogP contribution in [0.2, 0.25) is 0 Å². The molecular formula is C18H17NO6. The lowest BCUT2D eigenvalue weighted by Crippen LogP contribution is -2.18. The first kappa shape index (κ1) is 16.8. The van der Waals surface area contributed by atoms with Crippen molar-refractivity contribution in [2.75, 3.05) is 20.3 Å². The molecule has 1 aromatic carbocycles. The van der Waals surface area contributed by atoms with Gasteiger partial charge < -0.3 is 18.9 Å². The summed E-state index contributed by atoms with van der Waals surface area (Å²) in [5, 5.41) is 0.838. The van der Waals surface area contributed by atoms with Gasteiger partial charge in [0.15, 0.2) is 0 Å². The molecule has 0 fully saturated rings. The minimum absolute atomic E-state index is 0.0108. The molecule has 0 radical (unpaired) electrons. The molecule has 3 rings (SSSR count). The van der Waals surface area contributed by atoms with Gasteiger partial charge in [-0.1, -0.05) is 18.2 Å². The Bertz CT molecular complexity index is 858. The molecule has 0 aliphatic carbocycles. The monoisotopic (exact) mass is 343 g/mol. The largest absolute Gasteiger partial charge is 0.493 e. The Morgan fingerprint density at radius 2 is 2.00 bits per heavy atom. The van der Waals surface area contributed by atoms with Crippen LogP contribution in [0.25, 0.3) is 10.9 Å². The highest BCUT2D eigenvalue weighted by Gasteiger charge is 2.22. The molecule has 0 N–H and O–H groups in total. The fourth-order valence-electron chi connectivity index (χ4n) is 2.60. The van der Waals surface area contributed by atoms with Crippen molar-refractivity contribution >= 4 is 22.8 Å². The van der Waals surface area contributed by atoms with Crippen LogP contribution in [0, 0.1) is 6.92 Å². The molecule has 7 nitrogen and oxygen atoms in total. The van der Waals surface area contributed by atoms with E-state index in [0.29, 0.717) is 23.4 Å². The molecule has 0 bridgehead atoms. The summed E-state index contributed by atoms with van der Waals surface area (Å²) in [6.07, 6.45) is 1.21. The van der Waals surface area contributed by atoms with Crippen molar-refractivity contribution < 1.29 is 28.5 Å². The Labute approximate surface area is 144 Å². The number of methoxy groups -OCH3 is 1. The molecule has 0 saturated heterocycles. The van der Waals surface area contributed by atoms with Crippen molar-refractivity contribution in [1.82, 2.24) is 4.98 Å². The van der Waals surface area contributed by atoms with Crippen molar-refractivity contribution in [3.8, 4) is 0 Å². The van der Waals surface area contributed by atoms with Gasteiger partial charge >= 0.3 is 11.9 Å². The molecule has 1 aromatic heterocycles. The van der Waals surface area contributed by atoms with E-state index in [1.54, 1.807) is 0 Å². The van der Waals surface area contributed by atoms with Gasteiger partial charge in [0.25, 0.3) is 0 Å². The molecule has 130 valence electrons. The van der Waals surface area contributed by atoms with Crippen molar-refractivity contribution in [2.24, 2.45) is 0 Å². The standard InChI is InChI=1S/C18H17NO6/c1-11-12-5-3-4-6-13(12)19-14(16(11)18(21)22-2)9-25-17(20)15-10-23-7-8-24-15/h3-6,10H,7-9H2,1-2H3. The van der Waals surface area contributed by atoms with Gasteiger partial charge in [-0.25, -0.2) is 14.6 Å². The molecule has 1 aliphatic rings. The summed E-state index contributed by atoms with van der Waals surface area (Å²) in [5.41, 5.74) is 2.05. The number of hydrogen-bond acceptors (Lipinski definition) is 7. The number of benzene rings is 1. The first-order valence-electron chi connectivity index (χ1n) is 7.70. The van der Waals surface area contributed by atoms with Crippen LogP contribution in [-0.4, -0.2) is 37.2 Å². The first-order chi connectivity index (χ1) is 12.1. The summed E-state index contributed by atoms with van der Waals surface area (Å²) in [7, 11) is 1.30. The molecule has 0 spiro atoms. The number of ether oxygens (including phenoxy) is 4. The second-order valence-corrected chi connectivity index (χ2v) is 5.34. The summed E-state index contributed by atoms with van der Waals surface area (Å²) in [6.45, 7) is 2.29. The smallest absolute Gasteiger partial charge is 0.377 e. The molecule has 2 aromatic rings. The average molecular weight is 343 g/mol. The van der Waals surface area contributed by atoms with Gasteiger partial charge in [-0.3, -0.25) is 0 Å². The summed E-state index contributed by atoms with van der Waals surface area (Å²) in [5.74, 6) is -1.22. The number of aromatic nitrogens is 1. The van der Waals surface area contributed by atoms with Gasteiger partial charge in [0.1, 0.15) is 26.1 Å². The minimum Gasteiger partial charge on any atom is -0.493 e. The Balaban J connectivity index is 1.92. The van der Waals surface area contributed by atoms with E-state index in [9.17, 15) is 9.59 Å². The maximum Gasteiger partial charge on any atom is 0.377 e. The molecule has 0 saturated carbocycles. The summed E-state index contributed by atoms with van der Waals surface area (Å²) < 4.78 is 20.3. The van der Waals surface area contributed by atoms with E-state index in [4.69, 9.17) is 18.9 Å². The minimum atomic E-state index is -0.678.